The summed E-state index contributed by atoms with van der Waals surface area (Å²) >= 11 is 0. The minimum absolute atomic E-state index is 0.544. The van der Waals surface area contributed by atoms with E-state index in [1.165, 1.54) is 5.56 Å². The number of benzene rings is 2. The largest absolute Gasteiger partial charge is 0.486 e. The van der Waals surface area contributed by atoms with E-state index in [4.69, 9.17) is 14.2 Å². The Bertz CT molecular complexity index is 680. The number of hydrogen-bond donors (Lipinski definition) is 1. The summed E-state index contributed by atoms with van der Waals surface area (Å²) in [5, 5.41) is 10.6. The normalized spacial score (nSPS) is 17.4. The number of ether oxygens (including phenoxy) is 3. The Kier molecular flexibility index (Phi) is 3.05. The van der Waals surface area contributed by atoms with Crippen LogP contribution in [0.2, 0.25) is 0 Å². The van der Waals surface area contributed by atoms with Crippen molar-refractivity contribution in [2.75, 3.05) is 13.2 Å². The molecule has 21 heavy (non-hydrogen) atoms. The van der Waals surface area contributed by atoms with Crippen LogP contribution in [-0.4, -0.2) is 18.3 Å². The molecular formula is C17H16O4. The number of hydrogen-bond acceptors (Lipinski definition) is 4. The second kappa shape index (κ2) is 5.06. The van der Waals surface area contributed by atoms with Crippen LogP contribution in [-0.2, 0) is 18.0 Å². The van der Waals surface area contributed by atoms with Crippen LogP contribution in [0.5, 0.6) is 11.5 Å². The van der Waals surface area contributed by atoms with Gasteiger partial charge in [-0.25, -0.2) is 0 Å². The highest BCUT2D eigenvalue weighted by atomic mass is 16.6. The molecule has 2 aromatic carbocycles. The maximum Gasteiger partial charge on any atom is 0.161 e. The lowest BCUT2D eigenvalue weighted by Gasteiger charge is -2.20. The molecule has 0 saturated carbocycles. The lowest BCUT2D eigenvalue weighted by atomic mass is 9.97. The fourth-order valence-corrected chi connectivity index (χ4v) is 2.78. The molecule has 4 nitrogen and oxygen atoms in total. The minimum atomic E-state index is -0.674. The highest BCUT2D eigenvalue weighted by Crippen LogP contribution is 2.35. The molecule has 1 N–H and O–H groups in total. The molecule has 0 aliphatic carbocycles. The van der Waals surface area contributed by atoms with Crippen molar-refractivity contribution in [1.82, 2.24) is 0 Å². The summed E-state index contributed by atoms with van der Waals surface area (Å²) < 4.78 is 16.5. The second-order valence-electron chi connectivity index (χ2n) is 5.33. The van der Waals surface area contributed by atoms with E-state index in [-0.39, 0.29) is 0 Å². The third kappa shape index (κ3) is 2.26. The van der Waals surface area contributed by atoms with Gasteiger partial charge in [0.1, 0.15) is 19.3 Å². The smallest absolute Gasteiger partial charge is 0.161 e. The van der Waals surface area contributed by atoms with Gasteiger partial charge in [0.05, 0.1) is 13.2 Å². The van der Waals surface area contributed by atoms with E-state index >= 15 is 0 Å². The van der Waals surface area contributed by atoms with Gasteiger partial charge in [0.25, 0.3) is 0 Å². The molecule has 0 bridgehead atoms. The fourth-order valence-electron chi connectivity index (χ4n) is 2.78. The Hall–Kier alpha value is -2.04. The van der Waals surface area contributed by atoms with Crippen molar-refractivity contribution in [2.45, 2.75) is 19.3 Å². The first-order chi connectivity index (χ1) is 10.3. The molecule has 2 aliphatic rings. The Morgan fingerprint density at radius 3 is 2.43 bits per heavy atom. The van der Waals surface area contributed by atoms with Crippen LogP contribution < -0.4 is 9.47 Å². The molecule has 4 rings (SSSR count). The van der Waals surface area contributed by atoms with Crippen LogP contribution in [0, 0.1) is 0 Å². The molecule has 1 unspecified atom stereocenters. The van der Waals surface area contributed by atoms with Gasteiger partial charge >= 0.3 is 0 Å². The van der Waals surface area contributed by atoms with Crippen LogP contribution in [0.15, 0.2) is 36.4 Å². The van der Waals surface area contributed by atoms with E-state index in [1.807, 2.05) is 36.4 Å². The molecule has 2 heterocycles. The number of aliphatic hydroxyl groups is 1. The third-order valence-electron chi connectivity index (χ3n) is 3.94. The summed E-state index contributed by atoms with van der Waals surface area (Å²) in [7, 11) is 0. The zero-order chi connectivity index (χ0) is 14.2. The standard InChI is InChI=1S/C17H16O4/c18-17(11-1-2-13-9-19-10-14(13)7-11)12-3-4-15-16(8-12)21-6-5-20-15/h1-4,7-8,17-18H,5-6,9-10H2. The van der Waals surface area contributed by atoms with Crippen LogP contribution in [0.25, 0.3) is 0 Å². The van der Waals surface area contributed by atoms with Gasteiger partial charge in [0.15, 0.2) is 11.5 Å². The van der Waals surface area contributed by atoms with E-state index < -0.39 is 6.10 Å². The van der Waals surface area contributed by atoms with Gasteiger partial charge in [-0.15, -0.1) is 0 Å². The lowest BCUT2D eigenvalue weighted by Crippen LogP contribution is -2.15. The van der Waals surface area contributed by atoms with E-state index in [2.05, 4.69) is 0 Å². The second-order valence-corrected chi connectivity index (χ2v) is 5.33. The molecule has 0 saturated heterocycles. The summed E-state index contributed by atoms with van der Waals surface area (Å²) in [6, 6.07) is 11.6. The summed E-state index contributed by atoms with van der Waals surface area (Å²) in [6.07, 6.45) is -0.674. The number of rotatable bonds is 2. The van der Waals surface area contributed by atoms with Gasteiger partial charge in [-0.1, -0.05) is 24.3 Å². The molecule has 0 radical (unpaired) electrons. The van der Waals surface area contributed by atoms with Gasteiger partial charge in [-0.05, 0) is 34.4 Å². The predicted molar refractivity (Wildman–Crippen MR) is 76.4 cm³/mol. The summed E-state index contributed by atoms with van der Waals surface area (Å²) in [6.45, 7) is 2.40. The molecule has 4 heteroatoms. The molecule has 0 spiro atoms. The van der Waals surface area contributed by atoms with Crippen molar-refractivity contribution in [3.05, 3.63) is 58.7 Å². The average molecular weight is 284 g/mol. The minimum Gasteiger partial charge on any atom is -0.486 e. The van der Waals surface area contributed by atoms with E-state index in [0.717, 1.165) is 22.4 Å². The summed E-state index contributed by atoms with van der Waals surface area (Å²) in [5.41, 5.74) is 4.03. The highest BCUT2D eigenvalue weighted by molar-refractivity contribution is 5.46. The lowest BCUT2D eigenvalue weighted by molar-refractivity contribution is 0.134. The Balaban J connectivity index is 1.66. The van der Waals surface area contributed by atoms with Crippen molar-refractivity contribution in [1.29, 1.82) is 0 Å². The summed E-state index contributed by atoms with van der Waals surface area (Å²) in [4.78, 5) is 0. The predicted octanol–water partition coefficient (Wildman–Crippen LogP) is 2.57. The van der Waals surface area contributed by atoms with Crippen LogP contribution in [0.1, 0.15) is 28.4 Å². The summed E-state index contributed by atoms with van der Waals surface area (Å²) in [5.74, 6) is 1.43. The first-order valence-electron chi connectivity index (χ1n) is 7.08. The van der Waals surface area contributed by atoms with Gasteiger partial charge in [-0.3, -0.25) is 0 Å². The van der Waals surface area contributed by atoms with E-state index in [0.29, 0.717) is 32.2 Å². The Morgan fingerprint density at radius 2 is 1.52 bits per heavy atom. The van der Waals surface area contributed by atoms with Gasteiger partial charge < -0.3 is 19.3 Å². The maximum absolute atomic E-state index is 10.6. The van der Waals surface area contributed by atoms with Gasteiger partial charge in [0.2, 0.25) is 0 Å². The maximum atomic E-state index is 10.6. The highest BCUT2D eigenvalue weighted by Gasteiger charge is 2.19. The van der Waals surface area contributed by atoms with Crippen molar-refractivity contribution >= 4 is 0 Å². The van der Waals surface area contributed by atoms with Gasteiger partial charge in [-0.2, -0.15) is 0 Å². The first-order valence-corrected chi connectivity index (χ1v) is 7.08. The molecule has 1 atom stereocenters. The monoisotopic (exact) mass is 284 g/mol. The molecule has 2 aromatic rings. The molecule has 0 fully saturated rings. The molecule has 0 amide bonds. The van der Waals surface area contributed by atoms with Gasteiger partial charge in [0, 0.05) is 0 Å². The Morgan fingerprint density at radius 1 is 0.810 bits per heavy atom. The SMILES string of the molecule is OC(c1ccc2c(c1)COC2)c1ccc2c(c1)OCCO2. The quantitative estimate of drug-likeness (QED) is 0.920. The van der Waals surface area contributed by atoms with Crippen LogP contribution in [0.3, 0.4) is 0 Å². The zero-order valence-electron chi connectivity index (χ0n) is 11.5. The average Bonchev–Trinajstić information content (AvgIpc) is 3.01. The molecule has 108 valence electrons. The van der Waals surface area contributed by atoms with Crippen molar-refractivity contribution in [3.8, 4) is 11.5 Å². The third-order valence-corrected chi connectivity index (χ3v) is 3.94. The van der Waals surface area contributed by atoms with E-state index in [9.17, 15) is 5.11 Å². The number of fused-ring (bicyclic) bond motifs is 2. The van der Waals surface area contributed by atoms with Crippen LogP contribution >= 0.6 is 0 Å². The fraction of sp³-hybridized carbons (Fsp3) is 0.294. The Labute approximate surface area is 122 Å². The number of aliphatic hydroxyl groups excluding tert-OH is 1. The zero-order valence-corrected chi connectivity index (χ0v) is 11.5. The molecule has 0 aromatic heterocycles. The van der Waals surface area contributed by atoms with Crippen molar-refractivity contribution < 1.29 is 19.3 Å². The molecule has 2 aliphatic heterocycles. The van der Waals surface area contributed by atoms with Crippen LogP contribution in [0.4, 0.5) is 0 Å². The topological polar surface area (TPSA) is 47.9 Å². The van der Waals surface area contributed by atoms with Crippen molar-refractivity contribution in [2.24, 2.45) is 0 Å². The van der Waals surface area contributed by atoms with E-state index in [1.54, 1.807) is 0 Å². The van der Waals surface area contributed by atoms with Crippen molar-refractivity contribution in [3.63, 3.8) is 0 Å². The first kappa shape index (κ1) is 12.7. The molecular weight excluding hydrogens is 268 g/mol.